The Morgan fingerprint density at radius 3 is 2.71 bits per heavy atom. The normalized spacial score (nSPS) is 27.4. The van der Waals surface area contributed by atoms with E-state index in [-0.39, 0.29) is 0 Å². The Balaban J connectivity index is 1.81. The lowest BCUT2D eigenvalue weighted by Crippen LogP contribution is -2.13. The van der Waals surface area contributed by atoms with Crippen LogP contribution in [0.4, 0.5) is 5.95 Å². The third-order valence-corrected chi connectivity index (χ3v) is 4.10. The first-order valence-corrected chi connectivity index (χ1v) is 6.85. The zero-order valence-corrected chi connectivity index (χ0v) is 11.2. The number of anilines is 1. The van der Waals surface area contributed by atoms with Gasteiger partial charge in [0.2, 0.25) is 5.95 Å². The molecule has 3 rings (SSSR count). The third-order valence-electron chi connectivity index (χ3n) is 4.10. The first-order chi connectivity index (χ1) is 8.03. The molecule has 0 saturated heterocycles. The van der Waals surface area contributed by atoms with Gasteiger partial charge in [-0.25, -0.2) is 4.98 Å². The summed E-state index contributed by atoms with van der Waals surface area (Å²) in [6, 6.07) is 1.33. The van der Waals surface area contributed by atoms with Crippen LogP contribution >= 0.6 is 0 Å². The van der Waals surface area contributed by atoms with Gasteiger partial charge in [-0.15, -0.1) is 0 Å². The molecule has 1 unspecified atom stereocenters. The standard InChI is InChI=1S/C14H23N3/c1-10-9-17(12-6-7-14(2,3)8-12)13(15-10)16-11-4-5-11/h9,11-12H,4-8H2,1-3H3,(H,15,16). The highest BCUT2D eigenvalue weighted by Gasteiger charge is 2.33. The first-order valence-electron chi connectivity index (χ1n) is 6.85. The number of aryl methyl sites for hydroxylation is 1. The van der Waals surface area contributed by atoms with Gasteiger partial charge in [-0.3, -0.25) is 0 Å². The summed E-state index contributed by atoms with van der Waals surface area (Å²) >= 11 is 0. The predicted octanol–water partition coefficient (Wildman–Crippen LogP) is 3.52. The molecule has 0 radical (unpaired) electrons. The number of nitrogens with one attached hydrogen (secondary N) is 1. The van der Waals surface area contributed by atoms with Crippen molar-refractivity contribution in [2.24, 2.45) is 5.41 Å². The monoisotopic (exact) mass is 233 g/mol. The summed E-state index contributed by atoms with van der Waals surface area (Å²) in [5.41, 5.74) is 1.64. The predicted molar refractivity (Wildman–Crippen MR) is 70.3 cm³/mol. The van der Waals surface area contributed by atoms with Crippen LogP contribution in [-0.2, 0) is 0 Å². The van der Waals surface area contributed by atoms with E-state index < -0.39 is 0 Å². The molecule has 0 aliphatic heterocycles. The molecule has 2 fully saturated rings. The Hall–Kier alpha value is -0.990. The molecule has 1 aromatic rings. The smallest absolute Gasteiger partial charge is 0.203 e. The van der Waals surface area contributed by atoms with E-state index in [1.807, 2.05) is 0 Å². The highest BCUT2D eigenvalue weighted by molar-refractivity contribution is 5.33. The number of aromatic nitrogens is 2. The van der Waals surface area contributed by atoms with Crippen LogP contribution in [0.5, 0.6) is 0 Å². The molecule has 0 aromatic carbocycles. The van der Waals surface area contributed by atoms with E-state index in [1.54, 1.807) is 0 Å². The SMILES string of the molecule is Cc1cn(C2CCC(C)(C)C2)c(NC2CC2)n1. The molecule has 2 aliphatic rings. The maximum atomic E-state index is 4.63. The van der Waals surface area contributed by atoms with Crippen LogP contribution in [0.15, 0.2) is 6.20 Å². The molecule has 2 aliphatic carbocycles. The van der Waals surface area contributed by atoms with Crippen LogP contribution in [0.1, 0.15) is 57.7 Å². The van der Waals surface area contributed by atoms with Crippen LogP contribution < -0.4 is 5.32 Å². The molecule has 1 heterocycles. The van der Waals surface area contributed by atoms with Crippen molar-refractivity contribution >= 4 is 5.95 Å². The van der Waals surface area contributed by atoms with E-state index in [9.17, 15) is 0 Å². The van der Waals surface area contributed by atoms with Crippen molar-refractivity contribution < 1.29 is 0 Å². The van der Waals surface area contributed by atoms with Crippen LogP contribution in [0.2, 0.25) is 0 Å². The summed E-state index contributed by atoms with van der Waals surface area (Å²) < 4.78 is 2.39. The average Bonchev–Trinajstić information content (AvgIpc) is 2.86. The minimum absolute atomic E-state index is 0.500. The van der Waals surface area contributed by atoms with Gasteiger partial charge in [-0.2, -0.15) is 0 Å². The Morgan fingerprint density at radius 1 is 1.35 bits per heavy atom. The number of nitrogens with zero attached hydrogens (tertiary/aromatic N) is 2. The summed E-state index contributed by atoms with van der Waals surface area (Å²) in [6.07, 6.45) is 8.74. The lowest BCUT2D eigenvalue weighted by atomic mass is 9.92. The molecule has 0 spiro atoms. The van der Waals surface area contributed by atoms with Crippen molar-refractivity contribution in [2.45, 2.75) is 65.0 Å². The van der Waals surface area contributed by atoms with E-state index in [1.165, 1.54) is 32.1 Å². The molecule has 0 bridgehead atoms. The van der Waals surface area contributed by atoms with Crippen LogP contribution in [-0.4, -0.2) is 15.6 Å². The minimum Gasteiger partial charge on any atom is -0.353 e. The first kappa shape index (κ1) is 11.1. The number of hydrogen-bond acceptors (Lipinski definition) is 2. The summed E-state index contributed by atoms with van der Waals surface area (Å²) in [7, 11) is 0. The largest absolute Gasteiger partial charge is 0.353 e. The van der Waals surface area contributed by atoms with Gasteiger partial charge >= 0.3 is 0 Å². The Labute approximate surface area is 104 Å². The maximum Gasteiger partial charge on any atom is 0.203 e. The van der Waals surface area contributed by atoms with Crippen molar-refractivity contribution in [3.63, 3.8) is 0 Å². The second kappa shape index (κ2) is 3.76. The fourth-order valence-corrected chi connectivity index (χ4v) is 2.95. The third kappa shape index (κ3) is 2.33. The summed E-state index contributed by atoms with van der Waals surface area (Å²) in [6.45, 7) is 6.85. The minimum atomic E-state index is 0.500. The molecule has 1 aromatic heterocycles. The van der Waals surface area contributed by atoms with Crippen LogP contribution in [0.25, 0.3) is 0 Å². The average molecular weight is 233 g/mol. The van der Waals surface area contributed by atoms with Gasteiger partial charge in [-0.1, -0.05) is 13.8 Å². The van der Waals surface area contributed by atoms with E-state index in [4.69, 9.17) is 0 Å². The molecular weight excluding hydrogens is 210 g/mol. The van der Waals surface area contributed by atoms with Gasteiger partial charge in [0.25, 0.3) is 0 Å². The van der Waals surface area contributed by atoms with Gasteiger partial charge in [0, 0.05) is 18.3 Å². The molecule has 3 nitrogen and oxygen atoms in total. The van der Waals surface area contributed by atoms with Gasteiger partial charge in [0.15, 0.2) is 0 Å². The zero-order valence-electron chi connectivity index (χ0n) is 11.2. The van der Waals surface area contributed by atoms with Crippen LogP contribution in [0.3, 0.4) is 0 Å². The number of rotatable bonds is 3. The summed E-state index contributed by atoms with van der Waals surface area (Å²) in [4.78, 5) is 4.63. The lowest BCUT2D eigenvalue weighted by Gasteiger charge is -2.19. The van der Waals surface area contributed by atoms with Crippen molar-refractivity contribution in [1.29, 1.82) is 0 Å². The fraction of sp³-hybridized carbons (Fsp3) is 0.786. The second-order valence-electron chi connectivity index (χ2n) is 6.59. The number of imidazole rings is 1. The van der Waals surface area contributed by atoms with Gasteiger partial charge in [0.05, 0.1) is 5.69 Å². The van der Waals surface area contributed by atoms with Crippen molar-refractivity contribution in [2.75, 3.05) is 5.32 Å². The highest BCUT2D eigenvalue weighted by atomic mass is 15.2. The molecule has 2 saturated carbocycles. The molecule has 1 atom stereocenters. The maximum absolute atomic E-state index is 4.63. The van der Waals surface area contributed by atoms with Gasteiger partial charge < -0.3 is 9.88 Å². The Morgan fingerprint density at radius 2 is 2.12 bits per heavy atom. The van der Waals surface area contributed by atoms with Crippen LogP contribution in [0, 0.1) is 12.3 Å². The molecule has 17 heavy (non-hydrogen) atoms. The highest BCUT2D eigenvalue weighted by Crippen LogP contribution is 2.44. The van der Waals surface area contributed by atoms with E-state index >= 15 is 0 Å². The fourth-order valence-electron chi connectivity index (χ4n) is 2.95. The van der Waals surface area contributed by atoms with Crippen molar-refractivity contribution in [1.82, 2.24) is 9.55 Å². The molecule has 0 amide bonds. The molecule has 3 heteroatoms. The molecule has 1 N–H and O–H groups in total. The van der Waals surface area contributed by atoms with E-state index in [2.05, 4.69) is 41.8 Å². The summed E-state index contributed by atoms with van der Waals surface area (Å²) in [5.74, 6) is 1.10. The second-order valence-corrected chi connectivity index (χ2v) is 6.59. The van der Waals surface area contributed by atoms with Gasteiger partial charge in [0.1, 0.15) is 0 Å². The van der Waals surface area contributed by atoms with Gasteiger partial charge in [-0.05, 0) is 44.4 Å². The molecule has 94 valence electrons. The zero-order chi connectivity index (χ0) is 12.0. The Kier molecular flexibility index (Phi) is 2.46. The topological polar surface area (TPSA) is 29.9 Å². The quantitative estimate of drug-likeness (QED) is 0.865. The Bertz CT molecular complexity index is 415. The van der Waals surface area contributed by atoms with Crippen molar-refractivity contribution in [3.8, 4) is 0 Å². The van der Waals surface area contributed by atoms with E-state index in [0.717, 1.165) is 11.6 Å². The molecular formula is C14H23N3. The summed E-state index contributed by atoms with van der Waals surface area (Å²) in [5, 5.41) is 3.56. The van der Waals surface area contributed by atoms with Crippen molar-refractivity contribution in [3.05, 3.63) is 11.9 Å². The lowest BCUT2D eigenvalue weighted by molar-refractivity contribution is 0.359. The van der Waals surface area contributed by atoms with E-state index in [0.29, 0.717) is 17.5 Å². The number of hydrogen-bond donors (Lipinski definition) is 1.